The predicted octanol–water partition coefficient (Wildman–Crippen LogP) is 3.07. The van der Waals surface area contributed by atoms with E-state index in [-0.39, 0.29) is 17.7 Å². The highest BCUT2D eigenvalue weighted by Gasteiger charge is 2.25. The number of rotatable bonds is 6. The maximum atomic E-state index is 12.9. The Hall–Kier alpha value is -4.14. The number of carbonyl (C=O) groups is 2. The fraction of sp³-hybridized carbons (Fsp3) is 0.143. The minimum atomic E-state index is -0.926. The van der Waals surface area contributed by atoms with Gasteiger partial charge >= 0.3 is 5.97 Å². The summed E-state index contributed by atoms with van der Waals surface area (Å²) in [5, 5.41) is 15.1. The molecule has 9 nitrogen and oxygen atoms in total. The van der Waals surface area contributed by atoms with Crippen LogP contribution in [0.3, 0.4) is 0 Å². The number of nitro groups is 1. The second-order valence-corrected chi connectivity index (χ2v) is 6.80. The minimum absolute atomic E-state index is 0.125. The normalized spacial score (nSPS) is 12.0. The van der Waals surface area contributed by atoms with E-state index in [0.29, 0.717) is 10.9 Å². The number of hydrogen-bond acceptors (Lipinski definition) is 5. The second kappa shape index (κ2) is 7.70. The Morgan fingerprint density at radius 1 is 1.10 bits per heavy atom. The van der Waals surface area contributed by atoms with Gasteiger partial charge in [-0.25, -0.2) is 4.79 Å². The quantitative estimate of drug-likeness (QED) is 0.257. The van der Waals surface area contributed by atoms with E-state index in [1.165, 1.54) is 31.5 Å². The van der Waals surface area contributed by atoms with Gasteiger partial charge in [-0.2, -0.15) is 0 Å². The van der Waals surface area contributed by atoms with Crippen molar-refractivity contribution in [3.05, 3.63) is 76.1 Å². The molecular formula is C21H18N4O5. The summed E-state index contributed by atoms with van der Waals surface area (Å²) in [6, 6.07) is 10.9. The number of esters is 1. The number of carbonyl (C=O) groups excluding carboxylic acids is 2. The number of H-pyrrole nitrogens is 2. The van der Waals surface area contributed by atoms with Gasteiger partial charge in [-0.1, -0.05) is 18.2 Å². The first-order valence-corrected chi connectivity index (χ1v) is 9.17. The van der Waals surface area contributed by atoms with Crippen molar-refractivity contribution in [3.63, 3.8) is 0 Å². The predicted molar refractivity (Wildman–Crippen MR) is 110 cm³/mol. The zero-order chi connectivity index (χ0) is 21.3. The van der Waals surface area contributed by atoms with Crippen molar-refractivity contribution >= 4 is 39.4 Å². The van der Waals surface area contributed by atoms with Crippen LogP contribution in [0.4, 0.5) is 5.69 Å². The van der Waals surface area contributed by atoms with Gasteiger partial charge < -0.3 is 20.0 Å². The molecule has 0 aliphatic carbocycles. The van der Waals surface area contributed by atoms with E-state index < -0.39 is 22.8 Å². The third-order valence-corrected chi connectivity index (χ3v) is 5.01. The number of aromatic nitrogens is 2. The van der Waals surface area contributed by atoms with Gasteiger partial charge in [-0.05, 0) is 17.7 Å². The smallest absolute Gasteiger partial charge is 0.328 e. The molecule has 4 rings (SSSR count). The molecule has 152 valence electrons. The van der Waals surface area contributed by atoms with Crippen molar-refractivity contribution in [2.75, 3.05) is 7.11 Å². The summed E-state index contributed by atoms with van der Waals surface area (Å²) in [4.78, 5) is 41.8. The average Bonchev–Trinajstić information content (AvgIpc) is 3.36. The zero-order valence-corrected chi connectivity index (χ0v) is 16.0. The van der Waals surface area contributed by atoms with E-state index in [2.05, 4.69) is 15.3 Å². The van der Waals surface area contributed by atoms with Crippen molar-refractivity contribution in [3.8, 4) is 0 Å². The fourth-order valence-electron chi connectivity index (χ4n) is 3.50. The van der Waals surface area contributed by atoms with Crippen LogP contribution in [0.5, 0.6) is 0 Å². The molecule has 1 atom stereocenters. The molecule has 2 aromatic heterocycles. The molecule has 30 heavy (non-hydrogen) atoms. The van der Waals surface area contributed by atoms with Crippen LogP contribution >= 0.6 is 0 Å². The molecule has 4 aromatic rings. The van der Waals surface area contributed by atoms with Crippen LogP contribution < -0.4 is 5.32 Å². The Morgan fingerprint density at radius 2 is 1.83 bits per heavy atom. The first kappa shape index (κ1) is 19.2. The molecule has 0 saturated carbocycles. The van der Waals surface area contributed by atoms with Crippen LogP contribution in [0.2, 0.25) is 0 Å². The number of nitrogens with zero attached hydrogens (tertiary/aromatic N) is 1. The summed E-state index contributed by atoms with van der Waals surface area (Å²) in [7, 11) is 1.26. The molecular weight excluding hydrogens is 388 g/mol. The zero-order valence-electron chi connectivity index (χ0n) is 16.0. The van der Waals surface area contributed by atoms with Gasteiger partial charge in [0, 0.05) is 52.8 Å². The Balaban J connectivity index is 1.63. The second-order valence-electron chi connectivity index (χ2n) is 6.80. The van der Waals surface area contributed by atoms with Crippen LogP contribution in [0.1, 0.15) is 15.9 Å². The number of methoxy groups -OCH3 is 1. The van der Waals surface area contributed by atoms with E-state index >= 15 is 0 Å². The largest absolute Gasteiger partial charge is 0.467 e. The number of nitrogens with one attached hydrogen (secondary N) is 3. The maximum absolute atomic E-state index is 12.9. The van der Waals surface area contributed by atoms with E-state index in [9.17, 15) is 19.7 Å². The lowest BCUT2D eigenvalue weighted by atomic mass is 10.0. The minimum Gasteiger partial charge on any atom is -0.467 e. The van der Waals surface area contributed by atoms with E-state index in [4.69, 9.17) is 4.74 Å². The van der Waals surface area contributed by atoms with Crippen molar-refractivity contribution in [2.45, 2.75) is 12.5 Å². The number of para-hydroxylation sites is 1. The standard InChI is InChI=1S/C21H18N4O5/c1-30-21(27)19(8-12-10-22-17-5-3-2-4-14(12)17)24-20(26)16-11-23-18-7-6-13(25(28)29)9-15(16)18/h2-7,9-11,19,22-23H,8H2,1H3,(H,24,26)/t19-/m1/s1. The number of aromatic amines is 2. The number of hydrogen-bond donors (Lipinski definition) is 3. The van der Waals surface area contributed by atoms with Gasteiger partial charge in [-0.15, -0.1) is 0 Å². The lowest BCUT2D eigenvalue weighted by Gasteiger charge is -2.16. The third-order valence-electron chi connectivity index (χ3n) is 5.01. The highest BCUT2D eigenvalue weighted by atomic mass is 16.6. The number of nitro benzene ring substituents is 1. The molecule has 2 heterocycles. The Kier molecular flexibility index (Phi) is 4.93. The van der Waals surface area contributed by atoms with Gasteiger partial charge in [0.1, 0.15) is 6.04 Å². The molecule has 9 heteroatoms. The first-order valence-electron chi connectivity index (χ1n) is 9.17. The molecule has 0 aliphatic rings. The highest BCUT2D eigenvalue weighted by Crippen LogP contribution is 2.24. The first-order chi connectivity index (χ1) is 14.5. The van der Waals surface area contributed by atoms with Crippen LogP contribution in [-0.2, 0) is 16.0 Å². The maximum Gasteiger partial charge on any atom is 0.328 e. The highest BCUT2D eigenvalue weighted by molar-refractivity contribution is 6.08. The van der Waals surface area contributed by atoms with E-state index in [0.717, 1.165) is 16.5 Å². The van der Waals surface area contributed by atoms with Crippen LogP contribution in [-0.4, -0.2) is 39.9 Å². The van der Waals surface area contributed by atoms with E-state index in [1.54, 1.807) is 6.20 Å². The topological polar surface area (TPSA) is 130 Å². The number of non-ortho nitro benzene ring substituents is 1. The molecule has 0 bridgehead atoms. The summed E-state index contributed by atoms with van der Waals surface area (Å²) in [5.41, 5.74) is 2.44. The van der Waals surface area contributed by atoms with E-state index in [1.807, 2.05) is 24.3 Å². The van der Waals surface area contributed by atoms with Crippen LogP contribution in [0.15, 0.2) is 54.9 Å². The summed E-state index contributed by atoms with van der Waals surface area (Å²) in [6.07, 6.45) is 3.48. The molecule has 0 radical (unpaired) electrons. The molecule has 0 aliphatic heterocycles. The van der Waals surface area contributed by atoms with Crippen LogP contribution in [0.25, 0.3) is 21.8 Å². The molecule has 1 amide bonds. The summed E-state index contributed by atoms with van der Waals surface area (Å²) < 4.78 is 4.87. The number of ether oxygens (including phenoxy) is 1. The molecule has 3 N–H and O–H groups in total. The number of fused-ring (bicyclic) bond motifs is 2. The fourth-order valence-corrected chi connectivity index (χ4v) is 3.50. The van der Waals surface area contributed by atoms with Crippen molar-refractivity contribution in [1.82, 2.24) is 15.3 Å². The molecule has 2 aromatic carbocycles. The van der Waals surface area contributed by atoms with Gasteiger partial charge in [0.15, 0.2) is 0 Å². The summed E-state index contributed by atoms with van der Waals surface area (Å²) in [5.74, 6) is -1.11. The van der Waals surface area contributed by atoms with Crippen molar-refractivity contribution in [1.29, 1.82) is 0 Å². The van der Waals surface area contributed by atoms with Crippen molar-refractivity contribution < 1.29 is 19.2 Å². The molecule has 0 fully saturated rings. The molecule has 0 saturated heterocycles. The summed E-state index contributed by atoms with van der Waals surface area (Å²) >= 11 is 0. The van der Waals surface area contributed by atoms with Gasteiger partial charge in [-0.3, -0.25) is 14.9 Å². The number of amides is 1. The molecule has 0 unspecified atom stereocenters. The average molecular weight is 406 g/mol. The summed E-state index contributed by atoms with van der Waals surface area (Å²) in [6.45, 7) is 0. The lowest BCUT2D eigenvalue weighted by Crippen LogP contribution is -2.43. The van der Waals surface area contributed by atoms with Gasteiger partial charge in [0.05, 0.1) is 17.6 Å². The third kappa shape index (κ3) is 3.48. The van der Waals surface area contributed by atoms with Gasteiger partial charge in [0.25, 0.3) is 11.6 Å². The van der Waals surface area contributed by atoms with Crippen molar-refractivity contribution in [2.24, 2.45) is 0 Å². The Bertz CT molecular complexity index is 1270. The lowest BCUT2D eigenvalue weighted by molar-refractivity contribution is -0.384. The Labute approximate surface area is 170 Å². The SMILES string of the molecule is COC(=O)[C@@H](Cc1c[nH]c2ccccc12)NC(=O)c1c[nH]c2ccc([N+](=O)[O-])cc12. The van der Waals surface area contributed by atoms with Gasteiger partial charge in [0.2, 0.25) is 0 Å². The monoisotopic (exact) mass is 406 g/mol. The van der Waals surface area contributed by atoms with Crippen LogP contribution in [0, 0.1) is 10.1 Å². The molecule has 0 spiro atoms. The number of benzene rings is 2. The Morgan fingerprint density at radius 3 is 2.60 bits per heavy atom.